The maximum atomic E-state index is 12.9. The molecule has 3 aromatic rings. The summed E-state index contributed by atoms with van der Waals surface area (Å²) in [5.74, 6) is -1.16. The second kappa shape index (κ2) is 10.5. The van der Waals surface area contributed by atoms with Gasteiger partial charge in [-0.25, -0.2) is 4.79 Å². The highest BCUT2D eigenvalue weighted by molar-refractivity contribution is 6.30. The van der Waals surface area contributed by atoms with Crippen molar-refractivity contribution in [3.63, 3.8) is 0 Å². The van der Waals surface area contributed by atoms with E-state index in [0.29, 0.717) is 22.0 Å². The van der Waals surface area contributed by atoms with E-state index in [9.17, 15) is 14.4 Å². The Hall–Kier alpha value is -3.64. The van der Waals surface area contributed by atoms with Crippen LogP contribution >= 0.6 is 11.6 Å². The standard InChI is InChI=1S/C27H26ClNO5/c1-27(2,3)18-11-14-23(33-4)22(15-18)29-24(30)16-34-26(32)21-8-6-5-7-20(21)25(31)17-9-12-19(28)13-10-17/h5-15H,16H2,1-4H3,(H,29,30). The molecule has 3 aromatic carbocycles. The zero-order valence-corrected chi connectivity index (χ0v) is 20.2. The average molecular weight is 480 g/mol. The summed E-state index contributed by atoms with van der Waals surface area (Å²) in [7, 11) is 1.51. The molecule has 0 aromatic heterocycles. The Kier molecular flexibility index (Phi) is 7.74. The van der Waals surface area contributed by atoms with Gasteiger partial charge in [0.1, 0.15) is 5.75 Å². The number of hydrogen-bond donors (Lipinski definition) is 1. The van der Waals surface area contributed by atoms with E-state index < -0.39 is 18.5 Å². The number of ether oxygens (including phenoxy) is 2. The van der Waals surface area contributed by atoms with Gasteiger partial charge in [-0.05, 0) is 53.4 Å². The van der Waals surface area contributed by atoms with Crippen LogP contribution < -0.4 is 10.1 Å². The van der Waals surface area contributed by atoms with E-state index in [4.69, 9.17) is 21.1 Å². The number of esters is 1. The van der Waals surface area contributed by atoms with Crippen molar-refractivity contribution < 1.29 is 23.9 Å². The quantitative estimate of drug-likeness (QED) is 0.348. The number of anilines is 1. The van der Waals surface area contributed by atoms with Crippen molar-refractivity contribution in [2.24, 2.45) is 0 Å². The van der Waals surface area contributed by atoms with Crippen LogP contribution in [0.25, 0.3) is 0 Å². The Bertz CT molecular complexity index is 1210. The first-order valence-corrected chi connectivity index (χ1v) is 11.0. The Morgan fingerprint density at radius 1 is 0.912 bits per heavy atom. The van der Waals surface area contributed by atoms with Crippen LogP contribution in [-0.2, 0) is 14.9 Å². The van der Waals surface area contributed by atoms with Gasteiger partial charge in [0, 0.05) is 16.1 Å². The van der Waals surface area contributed by atoms with Crippen LogP contribution in [0.4, 0.5) is 5.69 Å². The Balaban J connectivity index is 1.72. The topological polar surface area (TPSA) is 81.7 Å². The molecule has 0 saturated heterocycles. The van der Waals surface area contributed by atoms with Crippen molar-refractivity contribution >= 4 is 34.9 Å². The van der Waals surface area contributed by atoms with Crippen LogP contribution in [0.2, 0.25) is 5.02 Å². The molecule has 0 aliphatic heterocycles. The van der Waals surface area contributed by atoms with E-state index in [1.54, 1.807) is 42.5 Å². The van der Waals surface area contributed by atoms with Gasteiger partial charge in [-0.3, -0.25) is 9.59 Å². The summed E-state index contributed by atoms with van der Waals surface area (Å²) in [6, 6.07) is 18.2. The molecule has 0 saturated carbocycles. The van der Waals surface area contributed by atoms with Crippen LogP contribution in [0.15, 0.2) is 66.7 Å². The van der Waals surface area contributed by atoms with E-state index in [2.05, 4.69) is 26.1 Å². The Morgan fingerprint density at radius 2 is 1.56 bits per heavy atom. The number of ketones is 1. The van der Waals surface area contributed by atoms with Gasteiger partial charge in [0.2, 0.25) is 0 Å². The number of methoxy groups -OCH3 is 1. The van der Waals surface area contributed by atoms with Gasteiger partial charge in [0.15, 0.2) is 12.4 Å². The minimum Gasteiger partial charge on any atom is -0.495 e. The molecule has 1 N–H and O–H groups in total. The third-order valence-electron chi connectivity index (χ3n) is 5.17. The zero-order chi connectivity index (χ0) is 24.9. The van der Waals surface area contributed by atoms with Gasteiger partial charge in [0.25, 0.3) is 5.91 Å². The van der Waals surface area contributed by atoms with Crippen molar-refractivity contribution in [1.29, 1.82) is 0 Å². The van der Waals surface area contributed by atoms with Crippen molar-refractivity contribution in [2.45, 2.75) is 26.2 Å². The molecule has 34 heavy (non-hydrogen) atoms. The SMILES string of the molecule is COc1ccc(C(C)(C)C)cc1NC(=O)COC(=O)c1ccccc1C(=O)c1ccc(Cl)cc1. The summed E-state index contributed by atoms with van der Waals surface area (Å²) in [6.07, 6.45) is 0. The molecule has 0 radical (unpaired) electrons. The van der Waals surface area contributed by atoms with E-state index in [0.717, 1.165) is 5.56 Å². The first kappa shape index (κ1) is 25.0. The maximum Gasteiger partial charge on any atom is 0.339 e. The fourth-order valence-electron chi connectivity index (χ4n) is 3.28. The van der Waals surface area contributed by atoms with Crippen molar-refractivity contribution in [3.8, 4) is 5.75 Å². The van der Waals surface area contributed by atoms with Crippen LogP contribution in [0.1, 0.15) is 52.6 Å². The third kappa shape index (κ3) is 6.02. The number of nitrogens with one attached hydrogen (secondary N) is 1. The smallest absolute Gasteiger partial charge is 0.339 e. The van der Waals surface area contributed by atoms with Gasteiger partial charge in [-0.1, -0.05) is 56.6 Å². The number of benzene rings is 3. The number of halogens is 1. The van der Waals surface area contributed by atoms with Gasteiger partial charge in [-0.2, -0.15) is 0 Å². The van der Waals surface area contributed by atoms with Gasteiger partial charge in [-0.15, -0.1) is 0 Å². The second-order valence-electron chi connectivity index (χ2n) is 8.67. The highest BCUT2D eigenvalue weighted by atomic mass is 35.5. The molecule has 0 bridgehead atoms. The highest BCUT2D eigenvalue weighted by Crippen LogP contribution is 2.31. The normalized spacial score (nSPS) is 11.0. The number of carbonyl (C=O) groups is 3. The monoisotopic (exact) mass is 479 g/mol. The van der Waals surface area contributed by atoms with E-state index in [1.807, 2.05) is 12.1 Å². The molecular weight excluding hydrogens is 454 g/mol. The highest BCUT2D eigenvalue weighted by Gasteiger charge is 2.21. The van der Waals surface area contributed by atoms with Gasteiger partial charge < -0.3 is 14.8 Å². The lowest BCUT2D eigenvalue weighted by Gasteiger charge is -2.21. The molecule has 0 atom stereocenters. The number of carbonyl (C=O) groups excluding carboxylic acids is 3. The molecule has 176 valence electrons. The zero-order valence-electron chi connectivity index (χ0n) is 19.5. The fourth-order valence-corrected chi connectivity index (χ4v) is 3.41. The average Bonchev–Trinajstić information content (AvgIpc) is 2.82. The third-order valence-corrected chi connectivity index (χ3v) is 5.42. The summed E-state index contributed by atoms with van der Waals surface area (Å²) in [5, 5.41) is 3.23. The first-order valence-electron chi connectivity index (χ1n) is 10.6. The molecule has 0 spiro atoms. The largest absolute Gasteiger partial charge is 0.495 e. The van der Waals surface area contributed by atoms with Crippen LogP contribution in [0.3, 0.4) is 0 Å². The van der Waals surface area contributed by atoms with E-state index >= 15 is 0 Å². The lowest BCUT2D eigenvalue weighted by molar-refractivity contribution is -0.119. The Morgan fingerprint density at radius 3 is 2.18 bits per heavy atom. The molecule has 0 fully saturated rings. The van der Waals surface area contributed by atoms with Gasteiger partial charge in [0.05, 0.1) is 18.4 Å². The molecule has 0 aliphatic rings. The first-order chi connectivity index (χ1) is 16.1. The molecule has 1 amide bonds. The lowest BCUT2D eigenvalue weighted by Crippen LogP contribution is -2.22. The molecule has 0 aliphatic carbocycles. The molecular formula is C27H26ClNO5. The number of hydrogen-bond acceptors (Lipinski definition) is 5. The molecule has 3 rings (SSSR count). The van der Waals surface area contributed by atoms with Crippen molar-refractivity contribution in [2.75, 3.05) is 19.0 Å². The van der Waals surface area contributed by atoms with Crippen LogP contribution in [0, 0.1) is 0 Å². The summed E-state index contributed by atoms with van der Waals surface area (Å²) in [6.45, 7) is 5.66. The van der Waals surface area contributed by atoms with Crippen LogP contribution in [0.5, 0.6) is 5.75 Å². The van der Waals surface area contributed by atoms with Crippen molar-refractivity contribution in [1.82, 2.24) is 0 Å². The summed E-state index contributed by atoms with van der Waals surface area (Å²) in [4.78, 5) is 38.1. The lowest BCUT2D eigenvalue weighted by atomic mass is 9.87. The van der Waals surface area contributed by atoms with E-state index in [-0.39, 0.29) is 22.3 Å². The number of rotatable bonds is 7. The summed E-state index contributed by atoms with van der Waals surface area (Å²) >= 11 is 5.89. The Labute approximate surface area is 203 Å². The van der Waals surface area contributed by atoms with E-state index in [1.165, 1.54) is 19.2 Å². The predicted octanol–water partition coefficient (Wildman–Crippen LogP) is 5.67. The second-order valence-corrected chi connectivity index (χ2v) is 9.11. The van der Waals surface area contributed by atoms with Crippen molar-refractivity contribution in [3.05, 3.63) is 94.0 Å². The summed E-state index contributed by atoms with van der Waals surface area (Å²) < 4.78 is 10.5. The molecule has 6 nitrogen and oxygen atoms in total. The molecule has 0 unspecified atom stereocenters. The van der Waals surface area contributed by atoms with Crippen LogP contribution in [-0.4, -0.2) is 31.4 Å². The van der Waals surface area contributed by atoms with Gasteiger partial charge >= 0.3 is 5.97 Å². The minimum absolute atomic E-state index is 0.0718. The molecule has 7 heteroatoms. The fraction of sp³-hybridized carbons (Fsp3) is 0.222. The maximum absolute atomic E-state index is 12.9. The predicted molar refractivity (Wildman–Crippen MR) is 132 cm³/mol. The minimum atomic E-state index is -0.775. The summed E-state index contributed by atoms with van der Waals surface area (Å²) in [5.41, 5.74) is 1.99. The molecule has 0 heterocycles. The number of amides is 1.